The van der Waals surface area contributed by atoms with E-state index in [1.807, 2.05) is 32.9 Å². The fourth-order valence-electron chi connectivity index (χ4n) is 2.73. The molecule has 0 unspecified atom stereocenters. The number of hydrogen-bond acceptors (Lipinski definition) is 5. The maximum absolute atomic E-state index is 6.29. The van der Waals surface area contributed by atoms with E-state index in [4.69, 9.17) is 25.5 Å². The summed E-state index contributed by atoms with van der Waals surface area (Å²) in [7, 11) is 0. The van der Waals surface area contributed by atoms with Gasteiger partial charge in [-0.2, -0.15) is 0 Å². The van der Waals surface area contributed by atoms with Crippen molar-refractivity contribution in [3.8, 4) is 11.5 Å². The van der Waals surface area contributed by atoms with E-state index in [-0.39, 0.29) is 24.0 Å². The number of ether oxygens (including phenoxy) is 2. The fourth-order valence-corrected chi connectivity index (χ4v) is 3.02. The van der Waals surface area contributed by atoms with Gasteiger partial charge in [0.25, 0.3) is 0 Å². The van der Waals surface area contributed by atoms with Crippen LogP contribution in [-0.4, -0.2) is 37.2 Å². The third-order valence-corrected chi connectivity index (χ3v) is 4.43. The summed E-state index contributed by atoms with van der Waals surface area (Å²) >= 11 is 6.29. The number of oxazole rings is 1. The van der Waals surface area contributed by atoms with E-state index in [2.05, 4.69) is 20.6 Å². The van der Waals surface area contributed by atoms with E-state index in [9.17, 15) is 0 Å². The zero-order chi connectivity index (χ0) is 19.2. The lowest BCUT2D eigenvalue weighted by molar-refractivity contribution is 0.171. The van der Waals surface area contributed by atoms with Crippen molar-refractivity contribution in [2.45, 2.75) is 33.7 Å². The molecular formula is C19H26ClIN4O3. The summed E-state index contributed by atoms with van der Waals surface area (Å²) in [6, 6.07) is 3.89. The molecule has 1 aromatic heterocycles. The van der Waals surface area contributed by atoms with Gasteiger partial charge in [0.1, 0.15) is 25.5 Å². The third-order valence-electron chi connectivity index (χ3n) is 4.15. The molecule has 0 fully saturated rings. The number of nitrogens with one attached hydrogen (secondary N) is 2. The second-order valence-corrected chi connectivity index (χ2v) is 6.63. The van der Waals surface area contributed by atoms with E-state index in [0.29, 0.717) is 48.7 Å². The first kappa shape index (κ1) is 22.6. The molecule has 154 valence electrons. The van der Waals surface area contributed by atoms with Gasteiger partial charge in [-0.3, -0.25) is 0 Å². The molecule has 0 saturated heterocycles. The molecule has 0 spiro atoms. The van der Waals surface area contributed by atoms with Crippen LogP contribution in [0.1, 0.15) is 29.8 Å². The van der Waals surface area contributed by atoms with Crippen LogP contribution in [0.15, 0.2) is 21.5 Å². The highest BCUT2D eigenvalue weighted by atomic mass is 127. The molecule has 0 radical (unpaired) electrons. The molecule has 7 nitrogen and oxygen atoms in total. The lowest BCUT2D eigenvalue weighted by Gasteiger charge is -2.20. The highest BCUT2D eigenvalue weighted by molar-refractivity contribution is 14.0. The van der Waals surface area contributed by atoms with Gasteiger partial charge in [-0.1, -0.05) is 11.6 Å². The van der Waals surface area contributed by atoms with Crippen molar-refractivity contribution in [1.29, 1.82) is 0 Å². The van der Waals surface area contributed by atoms with Crippen LogP contribution in [0, 0.1) is 13.8 Å². The molecule has 1 aliphatic rings. The number of halogens is 2. The van der Waals surface area contributed by atoms with Crippen LogP contribution in [0.5, 0.6) is 11.5 Å². The van der Waals surface area contributed by atoms with Crippen LogP contribution in [-0.2, 0) is 13.0 Å². The first-order valence-electron chi connectivity index (χ1n) is 9.10. The molecule has 0 saturated carbocycles. The lowest BCUT2D eigenvalue weighted by Crippen LogP contribution is -2.38. The van der Waals surface area contributed by atoms with Gasteiger partial charge in [0.15, 0.2) is 17.5 Å². The van der Waals surface area contributed by atoms with Gasteiger partial charge in [-0.05, 0) is 44.9 Å². The van der Waals surface area contributed by atoms with E-state index in [0.717, 1.165) is 35.9 Å². The molecule has 0 aliphatic carbocycles. The van der Waals surface area contributed by atoms with Crippen molar-refractivity contribution < 1.29 is 13.9 Å². The Balaban J connectivity index is 0.00000280. The molecule has 0 amide bonds. The molecule has 2 N–H and O–H groups in total. The summed E-state index contributed by atoms with van der Waals surface area (Å²) in [4.78, 5) is 8.88. The van der Waals surface area contributed by atoms with Crippen LogP contribution in [0.4, 0.5) is 0 Å². The number of nitrogens with zero attached hydrogens (tertiary/aromatic N) is 2. The minimum absolute atomic E-state index is 0. The number of benzene rings is 1. The monoisotopic (exact) mass is 520 g/mol. The average molecular weight is 521 g/mol. The minimum Gasteiger partial charge on any atom is -0.486 e. The number of aromatic nitrogens is 1. The van der Waals surface area contributed by atoms with E-state index in [1.165, 1.54) is 0 Å². The lowest BCUT2D eigenvalue weighted by atomic mass is 10.1. The minimum atomic E-state index is 0. The molecule has 2 heterocycles. The zero-order valence-corrected chi connectivity index (χ0v) is 19.4. The fraction of sp³-hybridized carbons (Fsp3) is 0.474. The Morgan fingerprint density at radius 1 is 1.21 bits per heavy atom. The van der Waals surface area contributed by atoms with Gasteiger partial charge in [0.05, 0.1) is 10.7 Å². The van der Waals surface area contributed by atoms with E-state index < -0.39 is 0 Å². The smallest absolute Gasteiger partial charge is 0.216 e. The highest BCUT2D eigenvalue weighted by Gasteiger charge is 2.16. The third kappa shape index (κ3) is 5.91. The van der Waals surface area contributed by atoms with Crippen LogP contribution < -0.4 is 20.1 Å². The SMILES string of the molecule is CCNC(=NCc1nc(C)c(C)o1)NCCc1cc(Cl)c2c(c1)OCCO2.I. The molecule has 2 aromatic rings. The molecule has 1 aromatic carbocycles. The normalized spacial score (nSPS) is 13.1. The van der Waals surface area contributed by atoms with E-state index in [1.54, 1.807) is 0 Å². The van der Waals surface area contributed by atoms with Gasteiger partial charge >= 0.3 is 0 Å². The van der Waals surface area contributed by atoms with Gasteiger partial charge in [-0.15, -0.1) is 24.0 Å². The van der Waals surface area contributed by atoms with Gasteiger partial charge < -0.3 is 24.5 Å². The van der Waals surface area contributed by atoms with Gasteiger partial charge in [0.2, 0.25) is 5.89 Å². The number of guanidine groups is 1. The number of aryl methyl sites for hydroxylation is 2. The van der Waals surface area contributed by atoms with Crippen molar-refractivity contribution in [3.63, 3.8) is 0 Å². The second-order valence-electron chi connectivity index (χ2n) is 6.22. The summed E-state index contributed by atoms with van der Waals surface area (Å²) in [5.74, 6) is 3.49. The molecule has 28 heavy (non-hydrogen) atoms. The van der Waals surface area contributed by atoms with Crippen LogP contribution in [0.25, 0.3) is 0 Å². The number of hydrogen-bond donors (Lipinski definition) is 2. The Labute approximate surface area is 187 Å². The Hall–Kier alpha value is -1.68. The summed E-state index contributed by atoms with van der Waals surface area (Å²) in [6.07, 6.45) is 0.776. The molecule has 9 heteroatoms. The van der Waals surface area contributed by atoms with Crippen LogP contribution >= 0.6 is 35.6 Å². The van der Waals surface area contributed by atoms with Crippen LogP contribution in [0.3, 0.4) is 0 Å². The van der Waals surface area contributed by atoms with Crippen molar-refractivity contribution in [1.82, 2.24) is 15.6 Å². The maximum atomic E-state index is 6.29. The molecule has 0 atom stereocenters. The standard InChI is InChI=1S/C19H25ClN4O3.HI/c1-4-21-19(23-11-17-24-12(2)13(3)27-17)22-6-5-14-9-15(20)18-16(10-14)25-7-8-26-18;/h9-10H,4-8,11H2,1-3H3,(H2,21,22,23);1H. The molecule has 1 aliphatic heterocycles. The van der Waals surface area contributed by atoms with Crippen LogP contribution in [0.2, 0.25) is 5.02 Å². The first-order chi connectivity index (χ1) is 13.1. The average Bonchev–Trinajstić information content (AvgIpc) is 2.97. The van der Waals surface area contributed by atoms with Gasteiger partial charge in [-0.25, -0.2) is 9.98 Å². The number of rotatable bonds is 6. The predicted octanol–water partition coefficient (Wildman–Crippen LogP) is 3.63. The zero-order valence-electron chi connectivity index (χ0n) is 16.3. The topological polar surface area (TPSA) is 80.9 Å². The molecular weight excluding hydrogens is 495 g/mol. The first-order valence-corrected chi connectivity index (χ1v) is 9.47. The Bertz CT molecular complexity index is 806. The Kier molecular flexibility index (Phi) is 8.68. The largest absolute Gasteiger partial charge is 0.486 e. The maximum Gasteiger partial charge on any atom is 0.216 e. The second kappa shape index (κ2) is 10.8. The molecule has 0 bridgehead atoms. The molecule has 3 rings (SSSR count). The summed E-state index contributed by atoms with van der Waals surface area (Å²) in [5.41, 5.74) is 1.97. The summed E-state index contributed by atoms with van der Waals surface area (Å²) < 4.78 is 16.7. The number of fused-ring (bicyclic) bond motifs is 1. The summed E-state index contributed by atoms with van der Waals surface area (Å²) in [6.45, 7) is 8.78. The highest BCUT2D eigenvalue weighted by Crippen LogP contribution is 2.38. The predicted molar refractivity (Wildman–Crippen MR) is 120 cm³/mol. The van der Waals surface area contributed by atoms with Crippen molar-refractivity contribution in [2.24, 2.45) is 4.99 Å². The summed E-state index contributed by atoms with van der Waals surface area (Å²) in [5, 5.41) is 7.12. The number of aliphatic imine (C=N–C) groups is 1. The quantitative estimate of drug-likeness (QED) is 0.344. The Morgan fingerprint density at radius 2 is 2.00 bits per heavy atom. The van der Waals surface area contributed by atoms with Gasteiger partial charge in [0, 0.05) is 13.1 Å². The van der Waals surface area contributed by atoms with Crippen molar-refractivity contribution in [3.05, 3.63) is 40.1 Å². The van der Waals surface area contributed by atoms with E-state index >= 15 is 0 Å². The van der Waals surface area contributed by atoms with Crippen molar-refractivity contribution >= 4 is 41.5 Å². The van der Waals surface area contributed by atoms with Crippen molar-refractivity contribution in [2.75, 3.05) is 26.3 Å². The Morgan fingerprint density at radius 3 is 2.71 bits per heavy atom.